The summed E-state index contributed by atoms with van der Waals surface area (Å²) in [6.07, 6.45) is 3.60. The normalized spacial score (nSPS) is 17.1. The number of pyridine rings is 1. The standard InChI is InChI=1S/C24H28N8O2/c1-2-17-3-6-22(26-12-17)30-7-9-31(10-8-30)23(33)16-29-13-18(14-29)15-32-21-11-19(24(25)34)4-5-20(21)27-28-32/h2-6,11-12,18H,1,7-10,13-16H2,(H2,25,34). The quantitative estimate of drug-likeness (QED) is 0.556. The Morgan fingerprint density at radius 2 is 1.91 bits per heavy atom. The first-order chi connectivity index (χ1) is 16.5. The summed E-state index contributed by atoms with van der Waals surface area (Å²) in [6.45, 7) is 9.52. The van der Waals surface area contributed by atoms with Crippen molar-refractivity contribution in [3.05, 3.63) is 54.2 Å². The predicted octanol–water partition coefficient (Wildman–Crippen LogP) is 0.849. The summed E-state index contributed by atoms with van der Waals surface area (Å²) in [7, 11) is 0. The van der Waals surface area contributed by atoms with Crippen molar-refractivity contribution < 1.29 is 9.59 Å². The van der Waals surface area contributed by atoms with E-state index in [2.05, 4.69) is 31.7 Å². The van der Waals surface area contributed by atoms with Gasteiger partial charge in [0.15, 0.2) is 0 Å². The van der Waals surface area contributed by atoms with Gasteiger partial charge in [-0.05, 0) is 35.9 Å². The Morgan fingerprint density at radius 1 is 1.12 bits per heavy atom. The van der Waals surface area contributed by atoms with Crippen molar-refractivity contribution in [3.8, 4) is 0 Å². The molecule has 3 aromatic rings. The smallest absolute Gasteiger partial charge is 0.248 e. The molecule has 2 fully saturated rings. The summed E-state index contributed by atoms with van der Waals surface area (Å²) in [6, 6.07) is 9.17. The van der Waals surface area contributed by atoms with Crippen LogP contribution in [0.25, 0.3) is 17.1 Å². The first-order valence-electron chi connectivity index (χ1n) is 11.5. The summed E-state index contributed by atoms with van der Waals surface area (Å²) >= 11 is 0. The van der Waals surface area contributed by atoms with Gasteiger partial charge in [-0.2, -0.15) is 0 Å². The molecule has 2 aromatic heterocycles. The van der Waals surface area contributed by atoms with E-state index < -0.39 is 5.91 Å². The van der Waals surface area contributed by atoms with Crippen LogP contribution in [-0.4, -0.2) is 87.4 Å². The van der Waals surface area contributed by atoms with Crippen molar-refractivity contribution in [2.75, 3.05) is 50.7 Å². The van der Waals surface area contributed by atoms with Crippen LogP contribution in [0.4, 0.5) is 5.82 Å². The number of likely N-dealkylation sites (tertiary alicyclic amines) is 1. The lowest BCUT2D eigenvalue weighted by atomic mass is 10.00. The first kappa shape index (κ1) is 22.0. The highest BCUT2D eigenvalue weighted by Gasteiger charge is 2.31. The van der Waals surface area contributed by atoms with Crippen molar-refractivity contribution in [3.63, 3.8) is 0 Å². The summed E-state index contributed by atoms with van der Waals surface area (Å²) < 4.78 is 1.82. The Kier molecular flexibility index (Phi) is 5.97. The van der Waals surface area contributed by atoms with Crippen molar-refractivity contribution >= 4 is 34.7 Å². The second kappa shape index (κ2) is 9.22. The highest BCUT2D eigenvalue weighted by Crippen LogP contribution is 2.21. The van der Waals surface area contributed by atoms with E-state index in [1.807, 2.05) is 27.9 Å². The number of carbonyl (C=O) groups is 2. The molecule has 0 bridgehead atoms. The molecule has 34 heavy (non-hydrogen) atoms. The van der Waals surface area contributed by atoms with Crippen LogP contribution in [-0.2, 0) is 11.3 Å². The molecule has 4 heterocycles. The van der Waals surface area contributed by atoms with Gasteiger partial charge in [0.25, 0.3) is 0 Å². The molecule has 1 aromatic carbocycles. The maximum atomic E-state index is 12.8. The molecule has 2 saturated heterocycles. The number of rotatable bonds is 7. The van der Waals surface area contributed by atoms with Gasteiger partial charge in [0, 0.05) is 63.5 Å². The Hall–Kier alpha value is -3.79. The molecule has 0 unspecified atom stereocenters. The van der Waals surface area contributed by atoms with Crippen molar-refractivity contribution in [1.29, 1.82) is 0 Å². The van der Waals surface area contributed by atoms with Gasteiger partial charge in [0.1, 0.15) is 11.3 Å². The van der Waals surface area contributed by atoms with Crippen LogP contribution in [0.5, 0.6) is 0 Å². The molecular weight excluding hydrogens is 432 g/mol. The zero-order chi connectivity index (χ0) is 23.7. The molecule has 2 aliphatic heterocycles. The topological polar surface area (TPSA) is 113 Å². The Bertz CT molecular complexity index is 1210. The maximum absolute atomic E-state index is 12.8. The molecule has 0 spiro atoms. The second-order valence-electron chi connectivity index (χ2n) is 8.92. The number of anilines is 1. The highest BCUT2D eigenvalue weighted by atomic mass is 16.2. The van der Waals surface area contributed by atoms with E-state index in [-0.39, 0.29) is 5.91 Å². The van der Waals surface area contributed by atoms with Crippen molar-refractivity contribution in [2.24, 2.45) is 11.7 Å². The van der Waals surface area contributed by atoms with E-state index in [9.17, 15) is 9.59 Å². The SMILES string of the molecule is C=Cc1ccc(N2CCN(C(=O)CN3CC(Cn4nnc5ccc(C(N)=O)cc54)C3)CC2)nc1. The molecule has 2 aliphatic rings. The summed E-state index contributed by atoms with van der Waals surface area (Å²) in [5.74, 6) is 1.03. The zero-order valence-corrected chi connectivity index (χ0v) is 19.0. The van der Waals surface area contributed by atoms with Gasteiger partial charge >= 0.3 is 0 Å². The number of amides is 2. The number of hydrogen-bond donors (Lipinski definition) is 1. The van der Waals surface area contributed by atoms with Crippen LogP contribution in [0.15, 0.2) is 43.1 Å². The Balaban J connectivity index is 1.09. The van der Waals surface area contributed by atoms with Crippen molar-refractivity contribution in [1.82, 2.24) is 29.8 Å². The van der Waals surface area contributed by atoms with Gasteiger partial charge < -0.3 is 15.5 Å². The fourth-order valence-electron chi connectivity index (χ4n) is 4.60. The molecule has 2 N–H and O–H groups in total. The van der Waals surface area contributed by atoms with Crippen LogP contribution in [0, 0.1) is 5.92 Å². The third-order valence-electron chi connectivity index (χ3n) is 6.58. The van der Waals surface area contributed by atoms with Crippen molar-refractivity contribution in [2.45, 2.75) is 6.54 Å². The van der Waals surface area contributed by atoms with Crippen LogP contribution >= 0.6 is 0 Å². The summed E-state index contributed by atoms with van der Waals surface area (Å²) in [4.78, 5) is 35.1. The number of benzene rings is 1. The van der Waals surface area contributed by atoms with Gasteiger partial charge in [0.05, 0.1) is 12.1 Å². The van der Waals surface area contributed by atoms with E-state index in [4.69, 9.17) is 5.73 Å². The van der Waals surface area contributed by atoms with Gasteiger partial charge in [-0.15, -0.1) is 5.10 Å². The average molecular weight is 461 g/mol. The zero-order valence-electron chi connectivity index (χ0n) is 19.0. The van der Waals surface area contributed by atoms with E-state index >= 15 is 0 Å². The minimum atomic E-state index is -0.467. The monoisotopic (exact) mass is 460 g/mol. The lowest BCUT2D eigenvalue weighted by molar-refractivity contribution is -0.134. The number of primary amides is 1. The molecule has 10 nitrogen and oxygen atoms in total. The fraction of sp³-hybridized carbons (Fsp3) is 0.375. The van der Waals surface area contributed by atoms with E-state index in [1.54, 1.807) is 24.3 Å². The summed E-state index contributed by atoms with van der Waals surface area (Å²) in [5.41, 5.74) is 8.38. The minimum absolute atomic E-state index is 0.172. The number of aromatic nitrogens is 4. The molecule has 176 valence electrons. The number of carbonyl (C=O) groups excluding carboxylic acids is 2. The maximum Gasteiger partial charge on any atom is 0.248 e. The highest BCUT2D eigenvalue weighted by molar-refractivity contribution is 5.96. The third kappa shape index (κ3) is 4.49. The van der Waals surface area contributed by atoms with Gasteiger partial charge in [-0.1, -0.05) is 17.9 Å². The molecule has 0 aliphatic carbocycles. The van der Waals surface area contributed by atoms with Crippen LogP contribution < -0.4 is 10.6 Å². The van der Waals surface area contributed by atoms with Gasteiger partial charge in [-0.3, -0.25) is 14.5 Å². The fourth-order valence-corrected chi connectivity index (χ4v) is 4.60. The molecule has 0 radical (unpaired) electrons. The largest absolute Gasteiger partial charge is 0.366 e. The van der Waals surface area contributed by atoms with Crippen LogP contribution in [0.2, 0.25) is 0 Å². The molecule has 10 heteroatoms. The van der Waals surface area contributed by atoms with Crippen LogP contribution in [0.3, 0.4) is 0 Å². The number of fused-ring (bicyclic) bond motifs is 1. The average Bonchev–Trinajstić information content (AvgIpc) is 3.24. The number of nitrogens with zero attached hydrogens (tertiary/aromatic N) is 7. The first-order valence-corrected chi connectivity index (χ1v) is 11.5. The van der Waals surface area contributed by atoms with E-state index in [0.717, 1.165) is 48.6 Å². The molecule has 2 amide bonds. The second-order valence-corrected chi connectivity index (χ2v) is 8.92. The number of nitrogens with two attached hydrogens (primary N) is 1. The Morgan fingerprint density at radius 3 is 2.59 bits per heavy atom. The lowest BCUT2D eigenvalue weighted by Crippen LogP contribution is -2.55. The van der Waals surface area contributed by atoms with E-state index in [1.165, 1.54) is 0 Å². The van der Waals surface area contributed by atoms with Gasteiger partial charge in [-0.25, -0.2) is 9.67 Å². The summed E-state index contributed by atoms with van der Waals surface area (Å²) in [5, 5.41) is 8.39. The number of hydrogen-bond acceptors (Lipinski definition) is 7. The molecule has 0 atom stereocenters. The third-order valence-corrected chi connectivity index (χ3v) is 6.58. The molecular formula is C24H28N8O2. The van der Waals surface area contributed by atoms with Crippen LogP contribution in [0.1, 0.15) is 15.9 Å². The lowest BCUT2D eigenvalue weighted by Gasteiger charge is -2.41. The van der Waals surface area contributed by atoms with Gasteiger partial charge in [0.2, 0.25) is 11.8 Å². The Labute approximate surface area is 197 Å². The minimum Gasteiger partial charge on any atom is -0.366 e. The molecule has 5 rings (SSSR count). The molecule has 0 saturated carbocycles. The van der Waals surface area contributed by atoms with E-state index in [0.29, 0.717) is 37.7 Å². The number of piperazine rings is 1. The predicted molar refractivity (Wildman–Crippen MR) is 129 cm³/mol.